The Kier molecular flexibility index (Phi) is 5.49. The minimum Gasteiger partial charge on any atom is -0.381 e. The summed E-state index contributed by atoms with van der Waals surface area (Å²) in [7, 11) is 1.81. The van der Waals surface area contributed by atoms with Crippen molar-refractivity contribution < 1.29 is 9.47 Å². The highest BCUT2D eigenvalue weighted by atomic mass is 16.5. The van der Waals surface area contributed by atoms with Crippen molar-refractivity contribution in [2.24, 2.45) is 5.92 Å². The zero-order valence-electron chi connectivity index (χ0n) is 9.79. The lowest BCUT2D eigenvalue weighted by Crippen LogP contribution is -2.15. The van der Waals surface area contributed by atoms with Gasteiger partial charge in [-0.05, 0) is 38.5 Å². The van der Waals surface area contributed by atoms with Gasteiger partial charge < -0.3 is 9.47 Å². The monoisotopic (exact) mass is 200 g/mol. The Bertz CT molecular complexity index is 147. The fourth-order valence-electron chi connectivity index (χ4n) is 2.18. The normalized spacial score (nSPS) is 29.4. The van der Waals surface area contributed by atoms with E-state index in [9.17, 15) is 0 Å². The van der Waals surface area contributed by atoms with E-state index < -0.39 is 0 Å². The summed E-state index contributed by atoms with van der Waals surface area (Å²) in [6.45, 7) is 5.31. The van der Waals surface area contributed by atoms with Crippen LogP contribution in [0, 0.1) is 5.92 Å². The maximum atomic E-state index is 5.80. The number of methoxy groups -OCH3 is 1. The van der Waals surface area contributed by atoms with Crippen molar-refractivity contribution in [2.45, 2.75) is 58.2 Å². The molecule has 0 bridgehead atoms. The summed E-state index contributed by atoms with van der Waals surface area (Å²) >= 11 is 0. The van der Waals surface area contributed by atoms with Gasteiger partial charge in [-0.2, -0.15) is 0 Å². The standard InChI is InChI=1S/C12H24O2/c1-4-5-10(2)14-9-11-6-7-12(8-11)13-3/h10-12H,4-9H2,1-3H3. The van der Waals surface area contributed by atoms with Crippen molar-refractivity contribution in [1.82, 2.24) is 0 Å². The zero-order chi connectivity index (χ0) is 10.4. The minimum atomic E-state index is 0.432. The lowest BCUT2D eigenvalue weighted by atomic mass is 10.1. The summed E-state index contributed by atoms with van der Waals surface area (Å²) < 4.78 is 11.1. The summed E-state index contributed by atoms with van der Waals surface area (Å²) in [5.41, 5.74) is 0. The highest BCUT2D eigenvalue weighted by molar-refractivity contribution is 4.75. The van der Waals surface area contributed by atoms with Gasteiger partial charge in [-0.25, -0.2) is 0 Å². The van der Waals surface area contributed by atoms with Crippen molar-refractivity contribution in [3.8, 4) is 0 Å². The van der Waals surface area contributed by atoms with Gasteiger partial charge >= 0.3 is 0 Å². The number of ether oxygens (including phenoxy) is 2. The van der Waals surface area contributed by atoms with Crippen molar-refractivity contribution in [2.75, 3.05) is 13.7 Å². The van der Waals surface area contributed by atoms with Crippen LogP contribution in [-0.4, -0.2) is 25.9 Å². The average Bonchev–Trinajstić information content (AvgIpc) is 2.63. The SMILES string of the molecule is CCCC(C)OCC1CCC(OC)C1. The molecular formula is C12H24O2. The number of hydrogen-bond donors (Lipinski definition) is 0. The van der Waals surface area contributed by atoms with E-state index in [4.69, 9.17) is 9.47 Å². The number of rotatable bonds is 6. The molecule has 1 fully saturated rings. The molecule has 0 aromatic heterocycles. The lowest BCUT2D eigenvalue weighted by molar-refractivity contribution is 0.0303. The Morgan fingerprint density at radius 2 is 2.14 bits per heavy atom. The van der Waals surface area contributed by atoms with Gasteiger partial charge in [0, 0.05) is 13.7 Å². The largest absolute Gasteiger partial charge is 0.381 e. The summed E-state index contributed by atoms with van der Waals surface area (Å²) in [5, 5.41) is 0. The Labute approximate surface area is 88.0 Å². The molecule has 2 nitrogen and oxygen atoms in total. The molecule has 1 rings (SSSR count). The van der Waals surface area contributed by atoms with Crippen LogP contribution in [0.3, 0.4) is 0 Å². The predicted molar refractivity (Wildman–Crippen MR) is 58.5 cm³/mol. The second kappa shape index (κ2) is 6.41. The molecular weight excluding hydrogens is 176 g/mol. The first-order valence-electron chi connectivity index (χ1n) is 5.90. The van der Waals surface area contributed by atoms with E-state index >= 15 is 0 Å². The quantitative estimate of drug-likeness (QED) is 0.656. The molecule has 2 heteroatoms. The van der Waals surface area contributed by atoms with Crippen molar-refractivity contribution in [1.29, 1.82) is 0 Å². The molecule has 1 saturated carbocycles. The molecule has 0 aliphatic heterocycles. The maximum absolute atomic E-state index is 5.80. The summed E-state index contributed by atoms with van der Waals surface area (Å²) in [6.07, 6.45) is 7.00. The van der Waals surface area contributed by atoms with Crippen LogP contribution in [0.1, 0.15) is 46.0 Å². The van der Waals surface area contributed by atoms with E-state index in [-0.39, 0.29) is 0 Å². The van der Waals surface area contributed by atoms with Crippen LogP contribution in [0.5, 0.6) is 0 Å². The van der Waals surface area contributed by atoms with Crippen LogP contribution in [0.25, 0.3) is 0 Å². The van der Waals surface area contributed by atoms with Crippen molar-refractivity contribution in [3.05, 3.63) is 0 Å². The highest BCUT2D eigenvalue weighted by Gasteiger charge is 2.24. The molecule has 3 unspecified atom stereocenters. The van der Waals surface area contributed by atoms with Crippen molar-refractivity contribution in [3.63, 3.8) is 0 Å². The van der Waals surface area contributed by atoms with E-state index in [1.54, 1.807) is 0 Å². The van der Waals surface area contributed by atoms with Gasteiger partial charge in [-0.1, -0.05) is 13.3 Å². The average molecular weight is 200 g/mol. The summed E-state index contributed by atoms with van der Waals surface area (Å²) in [5.74, 6) is 0.735. The molecule has 0 aromatic carbocycles. The zero-order valence-corrected chi connectivity index (χ0v) is 9.79. The molecule has 1 aliphatic rings. The Morgan fingerprint density at radius 1 is 1.36 bits per heavy atom. The fourth-order valence-corrected chi connectivity index (χ4v) is 2.18. The molecule has 0 aromatic rings. The second-order valence-corrected chi connectivity index (χ2v) is 4.47. The Hall–Kier alpha value is -0.0800. The lowest BCUT2D eigenvalue weighted by Gasteiger charge is -2.15. The van der Waals surface area contributed by atoms with Gasteiger partial charge in [-0.15, -0.1) is 0 Å². The summed E-state index contributed by atoms with van der Waals surface area (Å²) in [4.78, 5) is 0. The first kappa shape index (κ1) is 12.0. The van der Waals surface area contributed by atoms with Gasteiger partial charge in [0.15, 0.2) is 0 Å². The first-order valence-corrected chi connectivity index (χ1v) is 5.90. The molecule has 14 heavy (non-hydrogen) atoms. The van der Waals surface area contributed by atoms with Crippen LogP contribution in [0.4, 0.5) is 0 Å². The second-order valence-electron chi connectivity index (χ2n) is 4.47. The van der Waals surface area contributed by atoms with Gasteiger partial charge in [0.05, 0.1) is 12.2 Å². The highest BCUT2D eigenvalue weighted by Crippen LogP contribution is 2.27. The maximum Gasteiger partial charge on any atom is 0.0575 e. The van der Waals surface area contributed by atoms with Crippen LogP contribution in [-0.2, 0) is 9.47 Å². The molecule has 3 atom stereocenters. The Balaban J connectivity index is 2.07. The van der Waals surface area contributed by atoms with Gasteiger partial charge in [0.1, 0.15) is 0 Å². The molecule has 84 valence electrons. The van der Waals surface area contributed by atoms with Crippen LogP contribution in [0.15, 0.2) is 0 Å². The van der Waals surface area contributed by atoms with E-state index in [0.29, 0.717) is 12.2 Å². The van der Waals surface area contributed by atoms with E-state index in [1.807, 2.05) is 7.11 Å². The third-order valence-corrected chi connectivity index (χ3v) is 3.14. The molecule has 0 amide bonds. The van der Waals surface area contributed by atoms with Gasteiger partial charge in [-0.3, -0.25) is 0 Å². The molecule has 0 N–H and O–H groups in total. The van der Waals surface area contributed by atoms with E-state index in [2.05, 4.69) is 13.8 Å². The third kappa shape index (κ3) is 3.97. The predicted octanol–water partition coefficient (Wildman–Crippen LogP) is 3.01. The minimum absolute atomic E-state index is 0.432. The number of hydrogen-bond acceptors (Lipinski definition) is 2. The molecule has 0 saturated heterocycles. The Morgan fingerprint density at radius 3 is 2.71 bits per heavy atom. The molecule has 0 radical (unpaired) electrons. The smallest absolute Gasteiger partial charge is 0.0575 e. The fraction of sp³-hybridized carbons (Fsp3) is 1.00. The van der Waals surface area contributed by atoms with Gasteiger partial charge in [0.25, 0.3) is 0 Å². The van der Waals surface area contributed by atoms with E-state index in [0.717, 1.165) is 12.5 Å². The van der Waals surface area contributed by atoms with E-state index in [1.165, 1.54) is 32.1 Å². The van der Waals surface area contributed by atoms with Gasteiger partial charge in [0.2, 0.25) is 0 Å². The van der Waals surface area contributed by atoms with Crippen LogP contribution < -0.4 is 0 Å². The molecule has 1 aliphatic carbocycles. The van der Waals surface area contributed by atoms with Crippen LogP contribution >= 0.6 is 0 Å². The topological polar surface area (TPSA) is 18.5 Å². The van der Waals surface area contributed by atoms with Crippen LogP contribution in [0.2, 0.25) is 0 Å². The third-order valence-electron chi connectivity index (χ3n) is 3.14. The van der Waals surface area contributed by atoms with Crippen molar-refractivity contribution >= 4 is 0 Å². The molecule has 0 heterocycles. The molecule has 0 spiro atoms. The first-order chi connectivity index (χ1) is 6.76. The summed E-state index contributed by atoms with van der Waals surface area (Å²) in [6, 6.07) is 0.